The summed E-state index contributed by atoms with van der Waals surface area (Å²) >= 11 is 5.17. The Labute approximate surface area is 110 Å². The van der Waals surface area contributed by atoms with Crippen molar-refractivity contribution in [1.82, 2.24) is 14.8 Å². The fourth-order valence-electron chi connectivity index (χ4n) is 1.62. The molecule has 0 bridgehead atoms. The van der Waals surface area contributed by atoms with Crippen molar-refractivity contribution in [1.29, 1.82) is 5.26 Å². The van der Waals surface area contributed by atoms with E-state index < -0.39 is 0 Å². The lowest BCUT2D eigenvalue weighted by molar-refractivity contribution is 0.187. The Morgan fingerprint density at radius 1 is 1.44 bits per heavy atom. The standard InChI is InChI=1S/C12H12N4OS/c1-17-7-6-16-11(14-15-12(16)18)10-4-2-9(8-13)3-5-10/h2-5H,6-7H2,1H3,(H,15,18). The average Bonchev–Trinajstić information content (AvgIpc) is 2.78. The molecule has 1 aromatic carbocycles. The number of hydrogen-bond donors (Lipinski definition) is 1. The molecule has 0 saturated carbocycles. The van der Waals surface area contributed by atoms with Crippen LogP contribution >= 0.6 is 12.2 Å². The predicted octanol–water partition coefficient (Wildman–Crippen LogP) is 2.13. The molecule has 0 radical (unpaired) electrons. The van der Waals surface area contributed by atoms with Crippen molar-refractivity contribution in [2.75, 3.05) is 13.7 Å². The Kier molecular flexibility index (Phi) is 3.87. The summed E-state index contributed by atoms with van der Waals surface area (Å²) < 4.78 is 7.48. The number of ether oxygens (including phenoxy) is 1. The maximum atomic E-state index is 8.76. The molecular weight excluding hydrogens is 248 g/mol. The average molecular weight is 260 g/mol. The second kappa shape index (κ2) is 5.58. The van der Waals surface area contributed by atoms with E-state index in [9.17, 15) is 0 Å². The highest BCUT2D eigenvalue weighted by molar-refractivity contribution is 7.71. The van der Waals surface area contributed by atoms with Crippen molar-refractivity contribution in [2.24, 2.45) is 0 Å². The van der Waals surface area contributed by atoms with E-state index in [4.69, 9.17) is 22.2 Å². The Morgan fingerprint density at radius 2 is 2.17 bits per heavy atom. The van der Waals surface area contributed by atoms with Crippen LogP contribution in [0.15, 0.2) is 24.3 Å². The first-order chi connectivity index (χ1) is 8.76. The SMILES string of the molecule is COCCn1c(-c2ccc(C#N)cc2)n[nH]c1=S. The first-order valence-electron chi connectivity index (χ1n) is 5.41. The van der Waals surface area contributed by atoms with Crippen LogP contribution in [-0.4, -0.2) is 28.5 Å². The molecule has 0 unspecified atom stereocenters. The minimum atomic E-state index is 0.561. The molecule has 1 N–H and O–H groups in total. The Morgan fingerprint density at radius 3 is 2.78 bits per heavy atom. The topological polar surface area (TPSA) is 66.6 Å². The Bertz CT molecular complexity index is 621. The third-order valence-electron chi connectivity index (χ3n) is 2.55. The highest BCUT2D eigenvalue weighted by Crippen LogP contribution is 2.17. The zero-order chi connectivity index (χ0) is 13.0. The van der Waals surface area contributed by atoms with Gasteiger partial charge in [-0.05, 0) is 36.5 Å². The second-order valence-electron chi connectivity index (χ2n) is 3.69. The number of rotatable bonds is 4. The van der Waals surface area contributed by atoms with Gasteiger partial charge in [-0.15, -0.1) is 0 Å². The maximum absolute atomic E-state index is 8.76. The van der Waals surface area contributed by atoms with Gasteiger partial charge >= 0.3 is 0 Å². The number of H-pyrrole nitrogens is 1. The van der Waals surface area contributed by atoms with Crippen molar-refractivity contribution in [3.8, 4) is 17.5 Å². The molecule has 0 fully saturated rings. The van der Waals surface area contributed by atoms with Gasteiger partial charge in [-0.1, -0.05) is 0 Å². The molecule has 2 aromatic rings. The van der Waals surface area contributed by atoms with E-state index >= 15 is 0 Å². The van der Waals surface area contributed by atoms with Gasteiger partial charge in [-0.2, -0.15) is 10.4 Å². The summed E-state index contributed by atoms with van der Waals surface area (Å²) in [4.78, 5) is 0. The molecule has 0 amide bonds. The lowest BCUT2D eigenvalue weighted by Crippen LogP contribution is -2.06. The molecule has 0 spiro atoms. The van der Waals surface area contributed by atoms with Crippen LogP contribution in [0.25, 0.3) is 11.4 Å². The van der Waals surface area contributed by atoms with Crippen LogP contribution in [0, 0.1) is 16.1 Å². The molecule has 0 aliphatic heterocycles. The Hall–Kier alpha value is -1.97. The number of aromatic amines is 1. The summed E-state index contributed by atoms with van der Waals surface area (Å²) in [5, 5.41) is 15.7. The smallest absolute Gasteiger partial charge is 0.195 e. The van der Waals surface area contributed by atoms with Crippen LogP contribution < -0.4 is 0 Å². The number of aromatic nitrogens is 3. The van der Waals surface area contributed by atoms with E-state index in [-0.39, 0.29) is 0 Å². The number of nitriles is 1. The molecule has 2 rings (SSSR count). The summed E-state index contributed by atoms with van der Waals surface area (Å²) in [6.45, 7) is 1.21. The predicted molar refractivity (Wildman–Crippen MR) is 69.4 cm³/mol. The fourth-order valence-corrected chi connectivity index (χ4v) is 1.85. The van der Waals surface area contributed by atoms with Gasteiger partial charge in [-0.25, -0.2) is 0 Å². The molecule has 0 aliphatic carbocycles. The van der Waals surface area contributed by atoms with Gasteiger partial charge in [0.05, 0.1) is 24.8 Å². The normalized spacial score (nSPS) is 10.2. The number of hydrogen-bond acceptors (Lipinski definition) is 4. The molecule has 0 atom stereocenters. The van der Waals surface area contributed by atoms with E-state index in [1.165, 1.54) is 0 Å². The van der Waals surface area contributed by atoms with Gasteiger partial charge in [0.2, 0.25) is 0 Å². The van der Waals surface area contributed by atoms with Gasteiger partial charge in [-0.3, -0.25) is 9.67 Å². The summed E-state index contributed by atoms with van der Waals surface area (Å²) in [7, 11) is 1.64. The van der Waals surface area contributed by atoms with E-state index in [1.807, 2.05) is 16.7 Å². The van der Waals surface area contributed by atoms with Crippen molar-refractivity contribution in [2.45, 2.75) is 6.54 Å². The minimum absolute atomic E-state index is 0.561. The zero-order valence-electron chi connectivity index (χ0n) is 9.88. The number of nitrogens with zero attached hydrogens (tertiary/aromatic N) is 3. The first kappa shape index (κ1) is 12.5. The van der Waals surface area contributed by atoms with Crippen LogP contribution in [0.3, 0.4) is 0 Å². The van der Waals surface area contributed by atoms with Crippen LogP contribution in [0.1, 0.15) is 5.56 Å². The van der Waals surface area contributed by atoms with Crippen LogP contribution in [-0.2, 0) is 11.3 Å². The molecular formula is C12H12N4OS. The molecule has 0 aliphatic rings. The van der Waals surface area contributed by atoms with Crippen LogP contribution in [0.2, 0.25) is 0 Å². The molecule has 5 nitrogen and oxygen atoms in total. The van der Waals surface area contributed by atoms with Crippen LogP contribution in [0.5, 0.6) is 0 Å². The molecule has 6 heteroatoms. The second-order valence-corrected chi connectivity index (χ2v) is 4.07. The quantitative estimate of drug-likeness (QED) is 0.855. The molecule has 0 saturated heterocycles. The van der Waals surface area contributed by atoms with Gasteiger partial charge in [0, 0.05) is 12.7 Å². The van der Waals surface area contributed by atoms with E-state index in [1.54, 1.807) is 19.2 Å². The van der Waals surface area contributed by atoms with Gasteiger partial charge in [0.25, 0.3) is 0 Å². The van der Waals surface area contributed by atoms with Crippen LogP contribution in [0.4, 0.5) is 0 Å². The Balaban J connectivity index is 2.38. The summed E-state index contributed by atoms with van der Waals surface area (Å²) in [5.74, 6) is 0.751. The van der Waals surface area contributed by atoms with Crippen molar-refractivity contribution >= 4 is 12.2 Å². The lowest BCUT2D eigenvalue weighted by atomic mass is 10.1. The monoisotopic (exact) mass is 260 g/mol. The molecule has 1 heterocycles. The molecule has 92 valence electrons. The summed E-state index contributed by atoms with van der Waals surface area (Å²) in [6, 6.07) is 9.31. The summed E-state index contributed by atoms with van der Waals surface area (Å²) in [5.41, 5.74) is 1.54. The number of methoxy groups -OCH3 is 1. The van der Waals surface area contributed by atoms with Gasteiger partial charge < -0.3 is 4.74 Å². The third kappa shape index (κ3) is 2.47. The fraction of sp³-hybridized carbons (Fsp3) is 0.250. The largest absolute Gasteiger partial charge is 0.383 e. The number of nitrogens with one attached hydrogen (secondary N) is 1. The first-order valence-corrected chi connectivity index (χ1v) is 5.81. The number of benzene rings is 1. The zero-order valence-corrected chi connectivity index (χ0v) is 10.7. The van der Waals surface area contributed by atoms with E-state index in [2.05, 4.69) is 16.3 Å². The third-order valence-corrected chi connectivity index (χ3v) is 2.86. The van der Waals surface area contributed by atoms with Crippen molar-refractivity contribution in [3.63, 3.8) is 0 Å². The molecule has 1 aromatic heterocycles. The van der Waals surface area contributed by atoms with Crippen molar-refractivity contribution in [3.05, 3.63) is 34.6 Å². The van der Waals surface area contributed by atoms with E-state index in [0.29, 0.717) is 23.5 Å². The van der Waals surface area contributed by atoms with Gasteiger partial charge in [0.15, 0.2) is 10.6 Å². The molecule has 18 heavy (non-hydrogen) atoms. The highest BCUT2D eigenvalue weighted by atomic mass is 32.1. The van der Waals surface area contributed by atoms with E-state index in [0.717, 1.165) is 11.4 Å². The van der Waals surface area contributed by atoms with Gasteiger partial charge in [0.1, 0.15) is 0 Å². The van der Waals surface area contributed by atoms with Crippen molar-refractivity contribution < 1.29 is 4.74 Å². The highest BCUT2D eigenvalue weighted by Gasteiger charge is 2.08. The summed E-state index contributed by atoms with van der Waals surface area (Å²) in [6.07, 6.45) is 0. The minimum Gasteiger partial charge on any atom is -0.383 e. The maximum Gasteiger partial charge on any atom is 0.195 e. The lowest BCUT2D eigenvalue weighted by Gasteiger charge is -2.05.